The molecule has 6 heteroatoms. The average Bonchev–Trinajstić information content (AvgIpc) is 2.28. The van der Waals surface area contributed by atoms with Crippen LogP contribution in [0.5, 0.6) is 0 Å². The van der Waals surface area contributed by atoms with Gasteiger partial charge < -0.3 is 15.2 Å². The largest absolute Gasteiger partial charge is 0.394 e. The van der Waals surface area contributed by atoms with Crippen molar-refractivity contribution in [2.75, 3.05) is 31.7 Å². The third-order valence-electron chi connectivity index (χ3n) is 2.02. The van der Waals surface area contributed by atoms with E-state index in [9.17, 15) is 0 Å². The first-order valence-electron chi connectivity index (χ1n) is 5.60. The summed E-state index contributed by atoms with van der Waals surface area (Å²) >= 11 is 5.90. The van der Waals surface area contributed by atoms with Crippen molar-refractivity contribution < 1.29 is 9.84 Å². The van der Waals surface area contributed by atoms with Crippen LogP contribution in [0, 0.1) is 0 Å². The summed E-state index contributed by atoms with van der Waals surface area (Å²) in [6.07, 6.45) is 0. The Labute approximate surface area is 106 Å². The minimum absolute atomic E-state index is 0.0385. The first kappa shape index (κ1) is 14.2. The number of aromatic nitrogens is 2. The molecule has 0 unspecified atom stereocenters. The molecule has 96 valence electrons. The zero-order valence-corrected chi connectivity index (χ0v) is 10.9. The lowest BCUT2D eigenvalue weighted by molar-refractivity contribution is 0.0992. The molecule has 2 N–H and O–H groups in total. The van der Waals surface area contributed by atoms with Crippen molar-refractivity contribution >= 4 is 17.4 Å². The number of ether oxygens (including phenoxy) is 1. The van der Waals surface area contributed by atoms with Crippen molar-refractivity contribution in [3.63, 3.8) is 0 Å². The third kappa shape index (κ3) is 5.30. The lowest BCUT2D eigenvalue weighted by Gasteiger charge is -2.09. The van der Waals surface area contributed by atoms with Gasteiger partial charge in [-0.05, 0) is 0 Å². The fraction of sp³-hybridized carbons (Fsp3) is 0.636. The number of halogens is 1. The van der Waals surface area contributed by atoms with E-state index in [0.29, 0.717) is 30.7 Å². The topological polar surface area (TPSA) is 67.3 Å². The lowest BCUT2D eigenvalue weighted by Crippen LogP contribution is -2.13. The Balaban J connectivity index is 2.47. The number of aliphatic hydroxyl groups is 1. The Morgan fingerprint density at radius 2 is 2.18 bits per heavy atom. The van der Waals surface area contributed by atoms with Crippen molar-refractivity contribution in [1.29, 1.82) is 0 Å². The monoisotopic (exact) mass is 259 g/mol. The molecule has 17 heavy (non-hydrogen) atoms. The van der Waals surface area contributed by atoms with Crippen molar-refractivity contribution in [1.82, 2.24) is 9.97 Å². The van der Waals surface area contributed by atoms with Gasteiger partial charge in [0, 0.05) is 18.5 Å². The Kier molecular flexibility index (Phi) is 6.18. The quantitative estimate of drug-likeness (QED) is 0.576. The number of hydrogen-bond donors (Lipinski definition) is 2. The molecule has 1 heterocycles. The van der Waals surface area contributed by atoms with E-state index in [0.717, 1.165) is 5.82 Å². The summed E-state index contributed by atoms with van der Waals surface area (Å²) in [4.78, 5) is 8.48. The molecule has 0 aliphatic carbocycles. The highest BCUT2D eigenvalue weighted by atomic mass is 35.5. The molecule has 0 fully saturated rings. The summed E-state index contributed by atoms with van der Waals surface area (Å²) < 4.78 is 5.12. The summed E-state index contributed by atoms with van der Waals surface area (Å²) in [5, 5.41) is 12.1. The highest BCUT2D eigenvalue weighted by Gasteiger charge is 2.06. The van der Waals surface area contributed by atoms with Gasteiger partial charge in [0.25, 0.3) is 0 Å². The highest BCUT2D eigenvalue weighted by Crippen LogP contribution is 2.16. The predicted molar refractivity (Wildman–Crippen MR) is 67.5 cm³/mol. The lowest BCUT2D eigenvalue weighted by atomic mass is 10.2. The Hall–Kier alpha value is -0.910. The van der Waals surface area contributed by atoms with E-state index >= 15 is 0 Å². The number of nitrogens with zero attached hydrogens (tertiary/aromatic N) is 2. The van der Waals surface area contributed by atoms with E-state index in [1.165, 1.54) is 0 Å². The van der Waals surface area contributed by atoms with Gasteiger partial charge in [0.05, 0.1) is 19.8 Å². The van der Waals surface area contributed by atoms with E-state index in [2.05, 4.69) is 15.3 Å². The zero-order chi connectivity index (χ0) is 12.7. The summed E-state index contributed by atoms with van der Waals surface area (Å²) in [6.45, 7) is 5.55. The molecule has 0 aromatic carbocycles. The van der Waals surface area contributed by atoms with E-state index in [-0.39, 0.29) is 12.5 Å². The Bertz CT molecular complexity index is 347. The molecule has 1 rings (SSSR count). The van der Waals surface area contributed by atoms with E-state index < -0.39 is 0 Å². The fourth-order valence-electron chi connectivity index (χ4n) is 1.20. The van der Waals surface area contributed by atoms with Crippen molar-refractivity contribution in [2.24, 2.45) is 0 Å². The zero-order valence-electron chi connectivity index (χ0n) is 10.1. The molecule has 0 bridgehead atoms. The second kappa shape index (κ2) is 7.42. The number of anilines is 1. The van der Waals surface area contributed by atoms with Gasteiger partial charge in [-0.3, -0.25) is 0 Å². The van der Waals surface area contributed by atoms with Crippen molar-refractivity contribution in [3.8, 4) is 0 Å². The van der Waals surface area contributed by atoms with Gasteiger partial charge in [-0.2, -0.15) is 0 Å². The molecular formula is C11H18ClN3O2. The number of rotatable bonds is 7. The first-order chi connectivity index (χ1) is 8.13. The van der Waals surface area contributed by atoms with Crippen LogP contribution in [0.25, 0.3) is 0 Å². The molecular weight excluding hydrogens is 242 g/mol. The average molecular weight is 260 g/mol. The maximum atomic E-state index is 8.53. The molecule has 0 saturated heterocycles. The van der Waals surface area contributed by atoms with Gasteiger partial charge in [0.2, 0.25) is 0 Å². The molecule has 0 aliphatic heterocycles. The molecule has 5 nitrogen and oxygen atoms in total. The number of aliphatic hydroxyl groups excluding tert-OH is 1. The minimum atomic E-state index is 0.0385. The van der Waals surface area contributed by atoms with Gasteiger partial charge in [-0.15, -0.1) is 0 Å². The van der Waals surface area contributed by atoms with Crippen molar-refractivity contribution in [3.05, 3.63) is 17.0 Å². The number of nitrogens with one attached hydrogen (secondary N) is 1. The molecule has 1 aromatic heterocycles. The van der Waals surface area contributed by atoms with Crippen LogP contribution in [-0.4, -0.2) is 41.4 Å². The molecule has 0 atom stereocenters. The molecule has 0 radical (unpaired) electrons. The Morgan fingerprint density at radius 3 is 2.82 bits per heavy atom. The van der Waals surface area contributed by atoms with Crippen LogP contribution < -0.4 is 5.32 Å². The highest BCUT2D eigenvalue weighted by molar-refractivity contribution is 6.29. The maximum absolute atomic E-state index is 8.53. The summed E-state index contributed by atoms with van der Waals surface area (Å²) in [6, 6.07) is 1.68. The van der Waals surface area contributed by atoms with E-state index in [1.807, 2.05) is 13.8 Å². The molecule has 0 aliphatic rings. The molecule has 0 saturated carbocycles. The van der Waals surface area contributed by atoms with Gasteiger partial charge in [0.15, 0.2) is 0 Å². The van der Waals surface area contributed by atoms with E-state index in [4.69, 9.17) is 21.4 Å². The summed E-state index contributed by atoms with van der Waals surface area (Å²) in [5.74, 6) is 1.65. The van der Waals surface area contributed by atoms with Crippen molar-refractivity contribution in [2.45, 2.75) is 19.8 Å². The van der Waals surface area contributed by atoms with Crippen LogP contribution in [0.15, 0.2) is 6.07 Å². The maximum Gasteiger partial charge on any atom is 0.135 e. The van der Waals surface area contributed by atoms with Crippen LogP contribution in [0.3, 0.4) is 0 Å². The van der Waals surface area contributed by atoms with Gasteiger partial charge in [-0.1, -0.05) is 25.4 Å². The van der Waals surface area contributed by atoms with E-state index in [1.54, 1.807) is 6.07 Å². The smallest absolute Gasteiger partial charge is 0.135 e. The van der Waals surface area contributed by atoms with Crippen LogP contribution in [0.1, 0.15) is 25.6 Å². The first-order valence-corrected chi connectivity index (χ1v) is 5.98. The van der Waals surface area contributed by atoms with Gasteiger partial charge >= 0.3 is 0 Å². The molecule has 1 aromatic rings. The molecule has 0 amide bonds. The summed E-state index contributed by atoms with van der Waals surface area (Å²) in [5.41, 5.74) is 0. The van der Waals surface area contributed by atoms with Gasteiger partial charge in [0.1, 0.15) is 16.8 Å². The van der Waals surface area contributed by atoms with Crippen LogP contribution >= 0.6 is 11.6 Å². The summed E-state index contributed by atoms with van der Waals surface area (Å²) in [7, 11) is 0. The van der Waals surface area contributed by atoms with Gasteiger partial charge in [-0.25, -0.2) is 9.97 Å². The SMILES string of the molecule is CC(C)c1nc(Cl)cc(NCCOCCO)n1. The van der Waals surface area contributed by atoms with Crippen LogP contribution in [0.4, 0.5) is 5.82 Å². The minimum Gasteiger partial charge on any atom is -0.394 e. The Morgan fingerprint density at radius 1 is 1.41 bits per heavy atom. The second-order valence-electron chi connectivity index (χ2n) is 3.85. The number of hydrogen-bond acceptors (Lipinski definition) is 5. The molecule has 0 spiro atoms. The third-order valence-corrected chi connectivity index (χ3v) is 2.21. The fourth-order valence-corrected chi connectivity index (χ4v) is 1.39. The van der Waals surface area contributed by atoms with Crippen LogP contribution in [-0.2, 0) is 4.74 Å². The predicted octanol–water partition coefficient (Wildman–Crippen LogP) is 1.67. The standard InChI is InChI=1S/C11H18ClN3O2/c1-8(2)11-14-9(12)7-10(15-11)13-3-5-17-6-4-16/h7-8,16H,3-6H2,1-2H3,(H,13,14,15). The normalized spacial score (nSPS) is 10.9. The second-order valence-corrected chi connectivity index (χ2v) is 4.24. The van der Waals surface area contributed by atoms with Crippen LogP contribution in [0.2, 0.25) is 5.15 Å².